The van der Waals surface area contributed by atoms with Crippen LogP contribution in [0.2, 0.25) is 0 Å². The Balaban J connectivity index is 1.54. The summed E-state index contributed by atoms with van der Waals surface area (Å²) >= 11 is 0. The largest absolute Gasteiger partial charge is 0.496 e. The van der Waals surface area contributed by atoms with Crippen molar-refractivity contribution in [3.05, 3.63) is 89.1 Å². The molecule has 1 aromatic heterocycles. The fraction of sp³-hybridized carbons (Fsp3) is 0.217. The summed E-state index contributed by atoms with van der Waals surface area (Å²) in [4.78, 5) is 16.8. The van der Waals surface area contributed by atoms with Gasteiger partial charge in [0.05, 0.1) is 7.11 Å². The van der Waals surface area contributed by atoms with Crippen molar-refractivity contribution in [2.24, 2.45) is 0 Å². The third kappa shape index (κ3) is 5.33. The lowest BCUT2D eigenvalue weighted by molar-refractivity contribution is 0.0954. The first-order valence-electron chi connectivity index (χ1n) is 9.31. The number of carbonyl (C=O) groups is 1. The van der Waals surface area contributed by atoms with Crippen LogP contribution in [0, 0.1) is 6.92 Å². The van der Waals surface area contributed by atoms with E-state index < -0.39 is 0 Å². The zero-order chi connectivity index (χ0) is 19.8. The van der Waals surface area contributed by atoms with Crippen LogP contribution >= 0.6 is 0 Å². The van der Waals surface area contributed by atoms with Crippen LogP contribution in [0.3, 0.4) is 0 Å². The van der Waals surface area contributed by atoms with Gasteiger partial charge < -0.3 is 15.4 Å². The van der Waals surface area contributed by atoms with E-state index in [9.17, 15) is 4.79 Å². The summed E-state index contributed by atoms with van der Waals surface area (Å²) in [5.74, 6) is 1.40. The minimum atomic E-state index is -0.115. The molecule has 0 aliphatic carbocycles. The van der Waals surface area contributed by atoms with Crippen LogP contribution in [0.15, 0.2) is 66.9 Å². The molecule has 0 aliphatic heterocycles. The molecule has 5 heteroatoms. The van der Waals surface area contributed by atoms with Crippen LogP contribution < -0.4 is 15.4 Å². The molecule has 0 radical (unpaired) electrons. The number of nitrogens with zero attached hydrogens (tertiary/aromatic N) is 1. The van der Waals surface area contributed by atoms with E-state index in [1.807, 2.05) is 30.3 Å². The number of benzene rings is 2. The van der Waals surface area contributed by atoms with Gasteiger partial charge in [-0.3, -0.25) is 4.79 Å². The number of ether oxygens (including phenoxy) is 1. The second-order valence-corrected chi connectivity index (χ2v) is 6.59. The molecule has 5 nitrogen and oxygen atoms in total. The molecule has 3 aromatic rings. The molecule has 0 aliphatic rings. The molecule has 2 aromatic carbocycles. The molecule has 0 fully saturated rings. The Labute approximate surface area is 165 Å². The summed E-state index contributed by atoms with van der Waals surface area (Å²) in [6.07, 6.45) is 2.35. The first-order valence-corrected chi connectivity index (χ1v) is 9.31. The Morgan fingerprint density at radius 2 is 1.93 bits per heavy atom. The second kappa shape index (κ2) is 9.55. The van der Waals surface area contributed by atoms with E-state index in [1.165, 1.54) is 11.1 Å². The summed E-state index contributed by atoms with van der Waals surface area (Å²) in [6, 6.07) is 19.6. The van der Waals surface area contributed by atoms with E-state index in [-0.39, 0.29) is 5.91 Å². The lowest BCUT2D eigenvalue weighted by atomic mass is 10.1. The lowest BCUT2D eigenvalue weighted by Crippen LogP contribution is -2.26. The highest BCUT2D eigenvalue weighted by atomic mass is 16.5. The third-order valence-corrected chi connectivity index (χ3v) is 4.45. The molecule has 3 rings (SSSR count). The van der Waals surface area contributed by atoms with Gasteiger partial charge in [-0.1, -0.05) is 48.0 Å². The van der Waals surface area contributed by atoms with E-state index >= 15 is 0 Å². The van der Waals surface area contributed by atoms with Gasteiger partial charge in [-0.2, -0.15) is 0 Å². The molecule has 1 amide bonds. The first-order chi connectivity index (χ1) is 13.7. The van der Waals surface area contributed by atoms with Crippen LogP contribution in [0.5, 0.6) is 5.75 Å². The lowest BCUT2D eigenvalue weighted by Gasteiger charge is -2.10. The maximum atomic E-state index is 12.5. The van der Waals surface area contributed by atoms with Gasteiger partial charge >= 0.3 is 0 Å². The van der Waals surface area contributed by atoms with Crippen molar-refractivity contribution in [1.29, 1.82) is 0 Å². The minimum Gasteiger partial charge on any atom is -0.496 e. The molecule has 2 N–H and O–H groups in total. The number of aryl methyl sites for hydroxylation is 1. The van der Waals surface area contributed by atoms with Crippen LogP contribution in [-0.4, -0.2) is 24.5 Å². The molecule has 144 valence electrons. The summed E-state index contributed by atoms with van der Waals surface area (Å²) in [5.41, 5.74) is 4.05. The Bertz CT molecular complexity index is 940. The first kappa shape index (κ1) is 19.4. The molecular formula is C23H25N3O2. The minimum absolute atomic E-state index is 0.115. The molecule has 0 unspecified atom stereocenters. The number of nitrogens with one attached hydrogen (secondary N) is 2. The fourth-order valence-corrected chi connectivity index (χ4v) is 3.01. The van der Waals surface area contributed by atoms with Crippen molar-refractivity contribution in [3.8, 4) is 5.75 Å². The topological polar surface area (TPSA) is 63.2 Å². The van der Waals surface area contributed by atoms with E-state index in [1.54, 1.807) is 25.4 Å². The predicted octanol–water partition coefficient (Wildman–Crippen LogP) is 3.98. The van der Waals surface area contributed by atoms with E-state index in [4.69, 9.17) is 4.74 Å². The Morgan fingerprint density at radius 1 is 1.07 bits per heavy atom. The molecule has 28 heavy (non-hydrogen) atoms. The van der Waals surface area contributed by atoms with E-state index in [2.05, 4.69) is 40.7 Å². The average molecular weight is 375 g/mol. The Kier molecular flexibility index (Phi) is 6.63. The van der Waals surface area contributed by atoms with E-state index in [0.717, 1.165) is 11.3 Å². The number of anilines is 1. The maximum Gasteiger partial charge on any atom is 0.251 e. The third-order valence-electron chi connectivity index (χ3n) is 4.45. The number of carbonyl (C=O) groups excluding carboxylic acids is 1. The highest BCUT2D eigenvalue weighted by Gasteiger charge is 2.08. The number of aromatic nitrogens is 1. The highest BCUT2D eigenvalue weighted by Crippen LogP contribution is 2.17. The van der Waals surface area contributed by atoms with Crippen LogP contribution in [0.25, 0.3) is 0 Å². The van der Waals surface area contributed by atoms with Crippen molar-refractivity contribution in [2.45, 2.75) is 19.9 Å². The van der Waals surface area contributed by atoms with Gasteiger partial charge in [0, 0.05) is 24.8 Å². The van der Waals surface area contributed by atoms with Crippen molar-refractivity contribution >= 4 is 11.7 Å². The van der Waals surface area contributed by atoms with Crippen molar-refractivity contribution in [2.75, 3.05) is 19.0 Å². The van der Waals surface area contributed by atoms with Gasteiger partial charge in [0.2, 0.25) is 0 Å². The van der Waals surface area contributed by atoms with Crippen LogP contribution in [0.1, 0.15) is 27.0 Å². The van der Waals surface area contributed by atoms with Crippen molar-refractivity contribution in [3.63, 3.8) is 0 Å². The summed E-state index contributed by atoms with van der Waals surface area (Å²) < 4.78 is 5.34. The quantitative estimate of drug-likeness (QED) is 0.625. The highest BCUT2D eigenvalue weighted by molar-refractivity contribution is 5.94. The van der Waals surface area contributed by atoms with Gasteiger partial charge in [0.25, 0.3) is 5.91 Å². The number of hydrogen-bond acceptors (Lipinski definition) is 4. The number of hydrogen-bond donors (Lipinski definition) is 2. The Hall–Kier alpha value is -3.34. The smallest absolute Gasteiger partial charge is 0.251 e. The van der Waals surface area contributed by atoms with Gasteiger partial charge in [0.15, 0.2) is 0 Å². The van der Waals surface area contributed by atoms with Gasteiger partial charge in [-0.25, -0.2) is 4.98 Å². The number of amides is 1. The summed E-state index contributed by atoms with van der Waals surface area (Å²) in [6.45, 7) is 3.26. The summed E-state index contributed by atoms with van der Waals surface area (Å²) in [5, 5.41) is 6.23. The number of methoxy groups -OCH3 is 1. The molecule has 0 bridgehead atoms. The normalized spacial score (nSPS) is 10.4. The maximum absolute atomic E-state index is 12.5. The second-order valence-electron chi connectivity index (χ2n) is 6.59. The molecular weight excluding hydrogens is 350 g/mol. The molecule has 0 saturated heterocycles. The molecule has 0 atom stereocenters. The van der Waals surface area contributed by atoms with E-state index in [0.29, 0.717) is 30.9 Å². The standard InChI is InChI=1S/C23H25N3O2/c1-17-6-5-7-18(14-17)16-26-22-15-20(11-12-24-22)23(27)25-13-10-19-8-3-4-9-21(19)28-2/h3-9,11-12,14-15H,10,13,16H2,1-2H3,(H,24,26)(H,25,27). The molecule has 0 spiro atoms. The fourth-order valence-electron chi connectivity index (χ4n) is 3.01. The monoisotopic (exact) mass is 375 g/mol. The number of rotatable bonds is 8. The van der Waals surface area contributed by atoms with Crippen molar-refractivity contribution < 1.29 is 9.53 Å². The number of para-hydroxylation sites is 1. The van der Waals surface area contributed by atoms with Crippen molar-refractivity contribution in [1.82, 2.24) is 10.3 Å². The zero-order valence-corrected chi connectivity index (χ0v) is 16.2. The summed E-state index contributed by atoms with van der Waals surface area (Å²) in [7, 11) is 1.65. The average Bonchev–Trinajstić information content (AvgIpc) is 2.73. The van der Waals surface area contributed by atoms with Gasteiger partial charge in [-0.15, -0.1) is 0 Å². The SMILES string of the molecule is COc1ccccc1CCNC(=O)c1ccnc(NCc2cccc(C)c2)c1. The van der Waals surface area contributed by atoms with Gasteiger partial charge in [0.1, 0.15) is 11.6 Å². The van der Waals surface area contributed by atoms with Crippen LogP contribution in [-0.2, 0) is 13.0 Å². The zero-order valence-electron chi connectivity index (χ0n) is 16.2. The van der Waals surface area contributed by atoms with Gasteiger partial charge in [-0.05, 0) is 42.7 Å². The molecule has 0 saturated carbocycles. The Morgan fingerprint density at radius 3 is 2.75 bits per heavy atom. The molecule has 1 heterocycles. The predicted molar refractivity (Wildman–Crippen MR) is 112 cm³/mol. The van der Waals surface area contributed by atoms with Crippen LogP contribution in [0.4, 0.5) is 5.82 Å². The number of pyridine rings is 1.